The average molecular weight is 375 g/mol. The maximum absolute atomic E-state index is 12.3. The van der Waals surface area contributed by atoms with Gasteiger partial charge >= 0.3 is 6.03 Å². The van der Waals surface area contributed by atoms with Crippen molar-refractivity contribution < 1.29 is 14.6 Å². The van der Waals surface area contributed by atoms with Crippen LogP contribution in [-0.4, -0.2) is 47.9 Å². The van der Waals surface area contributed by atoms with Crippen LogP contribution in [0.4, 0.5) is 10.5 Å². The molecule has 0 aromatic heterocycles. The van der Waals surface area contributed by atoms with Gasteiger partial charge in [0, 0.05) is 35.4 Å². The molecule has 2 N–H and O–H groups in total. The maximum atomic E-state index is 12.3. The minimum absolute atomic E-state index is 0.220. The number of unbranched alkanes of at least 4 members (excludes halogenated alkanes) is 1. The summed E-state index contributed by atoms with van der Waals surface area (Å²) in [5, 5.41) is 14.2. The molecule has 0 unspecified atom stereocenters. The third-order valence-electron chi connectivity index (χ3n) is 4.11. The summed E-state index contributed by atoms with van der Waals surface area (Å²) >= 11 is 11.9. The zero-order valence-electron chi connectivity index (χ0n) is 13.9. The lowest BCUT2D eigenvalue weighted by molar-refractivity contribution is -0.0760. The molecule has 0 radical (unpaired) electrons. The lowest BCUT2D eigenvalue weighted by Crippen LogP contribution is -2.50. The molecule has 1 aromatic rings. The highest BCUT2D eigenvalue weighted by Crippen LogP contribution is 2.25. The summed E-state index contributed by atoms with van der Waals surface area (Å²) in [6, 6.07) is 4.68. The quantitative estimate of drug-likeness (QED) is 0.734. The highest BCUT2D eigenvalue weighted by atomic mass is 35.5. The molecule has 0 aliphatic carbocycles. The van der Waals surface area contributed by atoms with Gasteiger partial charge in [-0.05, 0) is 37.5 Å². The van der Waals surface area contributed by atoms with Crippen LogP contribution < -0.4 is 5.32 Å². The lowest BCUT2D eigenvalue weighted by Gasteiger charge is -2.37. The number of likely N-dealkylation sites (tertiary alicyclic amines) is 1. The summed E-state index contributed by atoms with van der Waals surface area (Å²) in [4.78, 5) is 14.0. The molecule has 24 heavy (non-hydrogen) atoms. The molecule has 1 fully saturated rings. The van der Waals surface area contributed by atoms with Crippen molar-refractivity contribution in [3.63, 3.8) is 0 Å². The number of benzene rings is 1. The van der Waals surface area contributed by atoms with E-state index in [0.29, 0.717) is 54.9 Å². The maximum Gasteiger partial charge on any atom is 0.321 e. The van der Waals surface area contributed by atoms with E-state index in [0.717, 1.165) is 12.8 Å². The van der Waals surface area contributed by atoms with Gasteiger partial charge in [0.1, 0.15) is 0 Å². The molecule has 2 amide bonds. The number of rotatable bonds is 6. The normalized spacial score (nSPS) is 16.9. The first kappa shape index (κ1) is 19.3. The second kappa shape index (κ2) is 8.90. The zero-order chi connectivity index (χ0) is 17.6. The molecular weight excluding hydrogens is 351 g/mol. The molecular formula is C17H24Cl2N2O3. The third kappa shape index (κ3) is 5.81. The molecule has 1 saturated heterocycles. The van der Waals surface area contributed by atoms with Crippen LogP contribution in [0.1, 0.15) is 32.6 Å². The van der Waals surface area contributed by atoms with Gasteiger partial charge in [-0.3, -0.25) is 0 Å². The number of nitrogens with one attached hydrogen (secondary N) is 1. The van der Waals surface area contributed by atoms with Crippen molar-refractivity contribution >= 4 is 34.9 Å². The fourth-order valence-corrected chi connectivity index (χ4v) is 3.13. The molecule has 0 saturated carbocycles. The highest BCUT2D eigenvalue weighted by Gasteiger charge is 2.34. The molecule has 5 nitrogen and oxygen atoms in total. The number of carbonyl (C=O) groups excluding carboxylic acids is 1. The number of carbonyl (C=O) groups is 1. The first-order valence-electron chi connectivity index (χ1n) is 8.24. The molecule has 1 heterocycles. The summed E-state index contributed by atoms with van der Waals surface area (Å²) in [5.74, 6) is 0. The van der Waals surface area contributed by atoms with Crippen molar-refractivity contribution in [2.45, 2.75) is 38.2 Å². The number of aliphatic hydroxyl groups is 1. The third-order valence-corrected chi connectivity index (χ3v) is 4.54. The number of amides is 2. The van der Waals surface area contributed by atoms with Gasteiger partial charge in [0.25, 0.3) is 0 Å². The van der Waals surface area contributed by atoms with Gasteiger partial charge in [-0.1, -0.05) is 36.5 Å². The van der Waals surface area contributed by atoms with E-state index in [2.05, 4.69) is 12.2 Å². The van der Waals surface area contributed by atoms with Crippen LogP contribution in [0.25, 0.3) is 0 Å². The lowest BCUT2D eigenvalue weighted by atomic mass is 9.92. The molecule has 1 aliphatic heterocycles. The second-order valence-electron chi connectivity index (χ2n) is 6.21. The van der Waals surface area contributed by atoms with Crippen LogP contribution in [0, 0.1) is 0 Å². The molecule has 1 aromatic carbocycles. The SMILES string of the molecule is CCCCOCC1(O)CCN(C(=O)Nc2cc(Cl)cc(Cl)c2)CC1. The van der Waals surface area contributed by atoms with E-state index < -0.39 is 5.60 Å². The van der Waals surface area contributed by atoms with Crippen LogP contribution >= 0.6 is 23.2 Å². The van der Waals surface area contributed by atoms with E-state index in [4.69, 9.17) is 27.9 Å². The first-order valence-corrected chi connectivity index (χ1v) is 8.99. The summed E-state index contributed by atoms with van der Waals surface area (Å²) in [6.07, 6.45) is 3.07. The van der Waals surface area contributed by atoms with Crippen LogP contribution in [0.5, 0.6) is 0 Å². The van der Waals surface area contributed by atoms with Gasteiger partial charge in [0.2, 0.25) is 0 Å². The Morgan fingerprint density at radius 2 is 1.92 bits per heavy atom. The molecule has 0 bridgehead atoms. The summed E-state index contributed by atoms with van der Waals surface area (Å²) < 4.78 is 5.54. The van der Waals surface area contributed by atoms with E-state index >= 15 is 0 Å². The van der Waals surface area contributed by atoms with E-state index in [-0.39, 0.29) is 6.03 Å². The standard InChI is InChI=1S/C17H24Cl2N2O3/c1-2-3-8-24-12-17(23)4-6-21(7-5-17)16(22)20-15-10-13(18)9-14(19)11-15/h9-11,23H,2-8,12H2,1H3,(H,20,22). The van der Waals surface area contributed by atoms with Crippen molar-refractivity contribution in [2.75, 3.05) is 31.6 Å². The first-order chi connectivity index (χ1) is 11.4. The molecule has 1 aliphatic rings. The van der Waals surface area contributed by atoms with Gasteiger partial charge in [0.15, 0.2) is 0 Å². The van der Waals surface area contributed by atoms with Gasteiger partial charge in [-0.25, -0.2) is 4.79 Å². The summed E-state index contributed by atoms with van der Waals surface area (Å²) in [7, 11) is 0. The Balaban J connectivity index is 1.81. The van der Waals surface area contributed by atoms with Crippen molar-refractivity contribution in [1.29, 1.82) is 0 Å². The molecule has 0 spiro atoms. The highest BCUT2D eigenvalue weighted by molar-refractivity contribution is 6.35. The van der Waals surface area contributed by atoms with Gasteiger partial charge in [-0.15, -0.1) is 0 Å². The topological polar surface area (TPSA) is 61.8 Å². The van der Waals surface area contributed by atoms with Gasteiger partial charge in [-0.2, -0.15) is 0 Å². The number of hydrogen-bond acceptors (Lipinski definition) is 3. The van der Waals surface area contributed by atoms with Gasteiger partial charge in [0.05, 0.1) is 12.2 Å². The largest absolute Gasteiger partial charge is 0.387 e. The number of halogens is 2. The minimum atomic E-state index is -0.843. The number of nitrogens with zero attached hydrogens (tertiary/aromatic N) is 1. The molecule has 134 valence electrons. The predicted octanol–water partition coefficient (Wildman–Crippen LogP) is 4.17. The van der Waals surface area contributed by atoms with E-state index in [1.54, 1.807) is 23.1 Å². The predicted molar refractivity (Wildman–Crippen MR) is 97.0 cm³/mol. The smallest absolute Gasteiger partial charge is 0.321 e. The van der Waals surface area contributed by atoms with Crippen molar-refractivity contribution in [2.24, 2.45) is 0 Å². The molecule has 7 heteroatoms. The Labute approximate surface area is 152 Å². The Morgan fingerprint density at radius 3 is 2.50 bits per heavy atom. The number of piperidine rings is 1. The molecule has 0 atom stereocenters. The Kier molecular flexibility index (Phi) is 7.16. The van der Waals surface area contributed by atoms with Gasteiger partial charge < -0.3 is 20.1 Å². The minimum Gasteiger partial charge on any atom is -0.387 e. The average Bonchev–Trinajstić information content (AvgIpc) is 2.51. The Hall–Kier alpha value is -1.01. The number of ether oxygens (including phenoxy) is 1. The Morgan fingerprint density at radius 1 is 1.29 bits per heavy atom. The van der Waals surface area contributed by atoms with Crippen LogP contribution in [0.2, 0.25) is 10.0 Å². The van der Waals surface area contributed by atoms with Crippen molar-refractivity contribution in [1.82, 2.24) is 4.90 Å². The summed E-state index contributed by atoms with van der Waals surface area (Å²) in [6.45, 7) is 4.05. The number of urea groups is 1. The number of anilines is 1. The monoisotopic (exact) mass is 374 g/mol. The van der Waals surface area contributed by atoms with Crippen LogP contribution in [0.15, 0.2) is 18.2 Å². The van der Waals surface area contributed by atoms with Crippen molar-refractivity contribution in [3.05, 3.63) is 28.2 Å². The van der Waals surface area contributed by atoms with Crippen LogP contribution in [0.3, 0.4) is 0 Å². The van der Waals surface area contributed by atoms with E-state index in [9.17, 15) is 9.90 Å². The summed E-state index contributed by atoms with van der Waals surface area (Å²) in [5.41, 5.74) is -0.287. The second-order valence-corrected chi connectivity index (χ2v) is 7.08. The van der Waals surface area contributed by atoms with E-state index in [1.165, 1.54) is 0 Å². The molecule has 2 rings (SSSR count). The van der Waals surface area contributed by atoms with E-state index in [1.807, 2.05) is 0 Å². The van der Waals surface area contributed by atoms with Crippen LogP contribution in [-0.2, 0) is 4.74 Å². The number of hydrogen-bond donors (Lipinski definition) is 2. The fraction of sp³-hybridized carbons (Fsp3) is 0.588. The van der Waals surface area contributed by atoms with Crippen molar-refractivity contribution in [3.8, 4) is 0 Å². The fourth-order valence-electron chi connectivity index (χ4n) is 2.61. The Bertz CT molecular complexity index is 541. The zero-order valence-corrected chi connectivity index (χ0v) is 15.4.